The maximum absolute atomic E-state index is 12.5. The van der Waals surface area contributed by atoms with Gasteiger partial charge in [-0.05, 0) is 40.3 Å². The van der Waals surface area contributed by atoms with Crippen molar-refractivity contribution in [3.8, 4) is 0 Å². The number of aromatic nitrogens is 2. The molecule has 0 aromatic carbocycles. The van der Waals surface area contributed by atoms with Gasteiger partial charge < -0.3 is 9.80 Å². The molecule has 114 valence electrons. The largest absolute Gasteiger partial charge is 0.333 e. The molecule has 1 aliphatic heterocycles. The zero-order valence-electron chi connectivity index (χ0n) is 12.9. The Morgan fingerprint density at radius 2 is 2.29 bits per heavy atom. The second-order valence-electron chi connectivity index (χ2n) is 5.96. The molecular weight excluding hydrogens is 284 g/mol. The van der Waals surface area contributed by atoms with Crippen LogP contribution in [-0.2, 0) is 4.79 Å². The quantitative estimate of drug-likeness (QED) is 0.874. The molecule has 1 fully saturated rings. The minimum Gasteiger partial charge on any atom is -0.333 e. The number of fused-ring (bicyclic) bond motifs is 1. The van der Waals surface area contributed by atoms with E-state index in [2.05, 4.69) is 16.0 Å². The molecule has 3 heterocycles. The number of carbonyl (C=O) groups is 1. The predicted octanol–water partition coefficient (Wildman–Crippen LogP) is 2.32. The monoisotopic (exact) mass is 306 g/mol. The summed E-state index contributed by atoms with van der Waals surface area (Å²) in [6, 6.07) is 0.133. The molecule has 1 amide bonds. The Balaban J connectivity index is 1.94. The Morgan fingerprint density at radius 1 is 1.48 bits per heavy atom. The van der Waals surface area contributed by atoms with Crippen molar-refractivity contribution in [2.24, 2.45) is 0 Å². The van der Waals surface area contributed by atoms with E-state index in [-0.39, 0.29) is 11.9 Å². The normalized spacial score (nSPS) is 19.6. The summed E-state index contributed by atoms with van der Waals surface area (Å²) in [5, 5.41) is 2.09. The number of likely N-dealkylation sites (tertiary alicyclic amines) is 1. The van der Waals surface area contributed by atoms with Gasteiger partial charge in [-0.2, -0.15) is 0 Å². The first-order valence-electron chi connectivity index (χ1n) is 7.44. The van der Waals surface area contributed by atoms with Crippen molar-refractivity contribution in [2.75, 3.05) is 27.2 Å². The Bertz CT molecular complexity index is 645. The number of piperidine rings is 1. The summed E-state index contributed by atoms with van der Waals surface area (Å²) in [5.74, 6) is 1.21. The third-order valence-corrected chi connectivity index (χ3v) is 4.94. The molecule has 0 aliphatic carbocycles. The third-order valence-electron chi connectivity index (χ3n) is 4.05. The van der Waals surface area contributed by atoms with Gasteiger partial charge in [-0.1, -0.05) is 0 Å². The lowest BCUT2D eigenvalue weighted by Gasteiger charge is -2.35. The van der Waals surface area contributed by atoms with Crippen molar-refractivity contribution in [1.82, 2.24) is 19.2 Å². The van der Waals surface area contributed by atoms with Crippen LogP contribution in [-0.4, -0.2) is 52.3 Å². The number of hydrogen-bond acceptors (Lipinski definition) is 4. The minimum atomic E-state index is 0.133. The first-order valence-corrected chi connectivity index (χ1v) is 8.32. The Kier molecular flexibility index (Phi) is 3.99. The first kappa shape index (κ1) is 14.5. The van der Waals surface area contributed by atoms with Gasteiger partial charge in [0.25, 0.3) is 0 Å². The van der Waals surface area contributed by atoms with E-state index in [1.807, 2.05) is 30.8 Å². The van der Waals surface area contributed by atoms with Crippen molar-refractivity contribution < 1.29 is 4.79 Å². The van der Waals surface area contributed by atoms with E-state index in [1.54, 1.807) is 11.3 Å². The lowest BCUT2D eigenvalue weighted by atomic mass is 9.99. The minimum absolute atomic E-state index is 0.133. The van der Waals surface area contributed by atoms with E-state index >= 15 is 0 Å². The van der Waals surface area contributed by atoms with Crippen LogP contribution < -0.4 is 0 Å². The van der Waals surface area contributed by atoms with Crippen LogP contribution >= 0.6 is 11.3 Å². The molecule has 6 heteroatoms. The molecule has 0 N–H and O–H groups in total. The van der Waals surface area contributed by atoms with Crippen molar-refractivity contribution in [2.45, 2.75) is 32.2 Å². The number of nitrogens with zero attached hydrogens (tertiary/aromatic N) is 4. The summed E-state index contributed by atoms with van der Waals surface area (Å²) in [4.78, 5) is 22.4. The Labute approximate surface area is 129 Å². The van der Waals surface area contributed by atoms with Crippen molar-refractivity contribution in [3.63, 3.8) is 0 Å². The highest BCUT2D eigenvalue weighted by molar-refractivity contribution is 7.15. The van der Waals surface area contributed by atoms with Crippen LogP contribution in [0.25, 0.3) is 4.83 Å². The molecule has 0 bridgehead atoms. The first-order chi connectivity index (χ1) is 10.1. The van der Waals surface area contributed by atoms with E-state index in [1.165, 1.54) is 11.3 Å². The SMILES string of the molecule is Cc1nc([C@H]2CCCCN2C(=O)CN(C)C)c2sccn12. The molecular formula is C15H22N4OS. The fourth-order valence-corrected chi connectivity index (χ4v) is 4.01. The molecule has 5 nitrogen and oxygen atoms in total. The van der Waals surface area contributed by atoms with E-state index in [4.69, 9.17) is 4.98 Å². The number of imidazole rings is 1. The molecule has 1 atom stereocenters. The van der Waals surface area contributed by atoms with Gasteiger partial charge in [0.05, 0.1) is 18.3 Å². The van der Waals surface area contributed by atoms with Crippen LogP contribution in [0.1, 0.15) is 36.8 Å². The van der Waals surface area contributed by atoms with Crippen LogP contribution in [0.4, 0.5) is 0 Å². The van der Waals surface area contributed by atoms with E-state index in [0.29, 0.717) is 6.54 Å². The molecule has 1 saturated heterocycles. The molecule has 0 saturated carbocycles. The van der Waals surface area contributed by atoms with E-state index in [0.717, 1.165) is 30.9 Å². The second-order valence-corrected chi connectivity index (χ2v) is 6.85. The predicted molar refractivity (Wildman–Crippen MR) is 84.7 cm³/mol. The number of hydrogen-bond donors (Lipinski definition) is 0. The highest BCUT2D eigenvalue weighted by atomic mass is 32.1. The molecule has 3 rings (SSSR count). The number of aryl methyl sites for hydroxylation is 1. The van der Waals surface area contributed by atoms with Crippen LogP contribution in [0.15, 0.2) is 11.6 Å². The van der Waals surface area contributed by atoms with Crippen molar-refractivity contribution in [3.05, 3.63) is 23.1 Å². The second kappa shape index (κ2) is 5.77. The number of thiazole rings is 1. The zero-order chi connectivity index (χ0) is 15.0. The number of likely N-dealkylation sites (N-methyl/N-ethyl adjacent to an activating group) is 1. The van der Waals surface area contributed by atoms with Gasteiger partial charge in [0.15, 0.2) is 0 Å². The maximum Gasteiger partial charge on any atom is 0.237 e. The van der Waals surface area contributed by atoms with Crippen LogP contribution in [0.5, 0.6) is 0 Å². The zero-order valence-corrected chi connectivity index (χ0v) is 13.7. The maximum atomic E-state index is 12.5. The lowest BCUT2D eigenvalue weighted by Crippen LogP contribution is -2.43. The molecule has 21 heavy (non-hydrogen) atoms. The summed E-state index contributed by atoms with van der Waals surface area (Å²) < 4.78 is 2.13. The summed E-state index contributed by atoms with van der Waals surface area (Å²) in [7, 11) is 3.88. The van der Waals surface area contributed by atoms with Gasteiger partial charge >= 0.3 is 0 Å². The van der Waals surface area contributed by atoms with E-state index in [9.17, 15) is 4.79 Å². The van der Waals surface area contributed by atoms with Gasteiger partial charge in [0, 0.05) is 18.1 Å². The van der Waals surface area contributed by atoms with Gasteiger partial charge in [0.1, 0.15) is 10.7 Å². The highest BCUT2D eigenvalue weighted by Gasteiger charge is 2.31. The van der Waals surface area contributed by atoms with Gasteiger partial charge in [-0.25, -0.2) is 4.98 Å². The van der Waals surface area contributed by atoms with Crippen LogP contribution in [0.2, 0.25) is 0 Å². The van der Waals surface area contributed by atoms with Crippen LogP contribution in [0, 0.1) is 6.92 Å². The number of rotatable bonds is 3. The standard InChI is InChI=1S/C15H22N4OS/c1-11-16-14(15-18(11)8-9-21-15)12-6-4-5-7-19(12)13(20)10-17(2)3/h8-9,12H,4-7,10H2,1-3H3/t12-/m1/s1. The Hall–Kier alpha value is -1.40. The number of carbonyl (C=O) groups excluding carboxylic acids is 1. The summed E-state index contributed by atoms with van der Waals surface area (Å²) in [6.07, 6.45) is 5.33. The van der Waals surface area contributed by atoms with Gasteiger partial charge in [-0.3, -0.25) is 9.20 Å². The molecule has 2 aromatic heterocycles. The molecule has 0 spiro atoms. The average Bonchev–Trinajstić information content (AvgIpc) is 3.02. The highest BCUT2D eigenvalue weighted by Crippen LogP contribution is 2.34. The van der Waals surface area contributed by atoms with Crippen LogP contribution in [0.3, 0.4) is 0 Å². The Morgan fingerprint density at radius 3 is 3.05 bits per heavy atom. The van der Waals surface area contributed by atoms with Gasteiger partial charge in [0.2, 0.25) is 5.91 Å². The summed E-state index contributed by atoms with van der Waals surface area (Å²) >= 11 is 1.71. The van der Waals surface area contributed by atoms with Crippen molar-refractivity contribution >= 4 is 22.1 Å². The van der Waals surface area contributed by atoms with Gasteiger partial charge in [-0.15, -0.1) is 11.3 Å². The smallest absolute Gasteiger partial charge is 0.237 e. The number of amides is 1. The average molecular weight is 306 g/mol. The molecule has 2 aromatic rings. The topological polar surface area (TPSA) is 40.9 Å². The lowest BCUT2D eigenvalue weighted by molar-refractivity contribution is -0.135. The summed E-state index contributed by atoms with van der Waals surface area (Å²) in [6.45, 7) is 3.34. The fourth-order valence-electron chi connectivity index (χ4n) is 3.09. The fraction of sp³-hybridized carbons (Fsp3) is 0.600. The van der Waals surface area contributed by atoms with Crippen molar-refractivity contribution in [1.29, 1.82) is 0 Å². The molecule has 0 unspecified atom stereocenters. The summed E-state index contributed by atoms with van der Waals surface area (Å²) in [5.41, 5.74) is 1.08. The van der Waals surface area contributed by atoms with E-state index < -0.39 is 0 Å². The third kappa shape index (κ3) is 2.70. The molecule has 1 aliphatic rings. The molecule has 0 radical (unpaired) electrons.